The summed E-state index contributed by atoms with van der Waals surface area (Å²) in [7, 11) is 1.33. The fraction of sp³-hybridized carbons (Fsp3) is 0.100. The van der Waals surface area contributed by atoms with Crippen molar-refractivity contribution in [2.75, 3.05) is 7.11 Å². The number of esters is 1. The van der Waals surface area contributed by atoms with Gasteiger partial charge in [0.1, 0.15) is 0 Å². The number of carbonyl (C=O) groups excluding carboxylic acids is 1. The van der Waals surface area contributed by atoms with Crippen LogP contribution in [0.5, 0.6) is 0 Å². The van der Waals surface area contributed by atoms with Crippen LogP contribution in [0.15, 0.2) is 47.5 Å². The van der Waals surface area contributed by atoms with Crippen LogP contribution in [-0.4, -0.2) is 13.1 Å². The maximum atomic E-state index is 11.2. The molecule has 0 N–H and O–H groups in total. The van der Waals surface area contributed by atoms with Gasteiger partial charge >= 0.3 is 5.97 Å². The molecule has 0 aromatic rings. The summed E-state index contributed by atoms with van der Waals surface area (Å²) in [5, 5.41) is 0. The molecule has 0 atom stereocenters. The van der Waals surface area contributed by atoms with Crippen molar-refractivity contribution in [2.45, 2.75) is 0 Å². The average molecular weight is 243 g/mol. The number of rotatable bonds is 4. The van der Waals surface area contributed by atoms with Gasteiger partial charge in [0.25, 0.3) is 0 Å². The van der Waals surface area contributed by atoms with Crippen molar-refractivity contribution in [1.82, 2.24) is 0 Å². The average Bonchev–Trinajstić information content (AvgIpc) is 2.13. The highest BCUT2D eigenvalue weighted by atomic mass is 79.9. The lowest BCUT2D eigenvalue weighted by Gasteiger charge is -2.01. The van der Waals surface area contributed by atoms with Crippen LogP contribution >= 0.6 is 15.9 Å². The van der Waals surface area contributed by atoms with E-state index in [4.69, 9.17) is 0 Å². The first-order valence-corrected chi connectivity index (χ1v) is 4.36. The molecule has 0 aromatic heterocycles. The van der Waals surface area contributed by atoms with Crippen molar-refractivity contribution >= 4 is 21.9 Å². The second-order valence-corrected chi connectivity index (χ2v) is 2.91. The molecule has 0 heterocycles. The minimum Gasteiger partial charge on any atom is -0.465 e. The molecular formula is C10H11BrO2. The van der Waals surface area contributed by atoms with Crippen LogP contribution in [0.25, 0.3) is 0 Å². The zero-order valence-electron chi connectivity index (χ0n) is 7.42. The first-order valence-electron chi connectivity index (χ1n) is 3.57. The van der Waals surface area contributed by atoms with Crippen molar-refractivity contribution in [3.8, 4) is 0 Å². The Morgan fingerprint density at radius 1 is 1.31 bits per heavy atom. The van der Waals surface area contributed by atoms with E-state index in [9.17, 15) is 4.79 Å². The van der Waals surface area contributed by atoms with E-state index >= 15 is 0 Å². The minimum atomic E-state index is -0.412. The van der Waals surface area contributed by atoms with Crippen molar-refractivity contribution < 1.29 is 9.53 Å². The summed E-state index contributed by atoms with van der Waals surface area (Å²) >= 11 is 3.22. The summed E-state index contributed by atoms with van der Waals surface area (Å²) < 4.78 is 5.19. The molecule has 0 bridgehead atoms. The Hall–Kier alpha value is -1.09. The van der Waals surface area contributed by atoms with Gasteiger partial charge in [-0.05, 0) is 28.1 Å². The van der Waals surface area contributed by atoms with Crippen LogP contribution in [0.1, 0.15) is 0 Å². The van der Waals surface area contributed by atoms with E-state index in [0.29, 0.717) is 10.1 Å². The number of hydrogen-bond acceptors (Lipinski definition) is 2. The summed E-state index contributed by atoms with van der Waals surface area (Å²) in [4.78, 5) is 11.2. The van der Waals surface area contributed by atoms with Crippen LogP contribution in [0, 0.1) is 0 Å². The van der Waals surface area contributed by atoms with Crippen LogP contribution in [-0.2, 0) is 9.53 Å². The summed E-state index contributed by atoms with van der Waals surface area (Å²) in [5.41, 5.74) is 0.414. The molecule has 0 aliphatic rings. The number of hydrogen-bond donors (Lipinski definition) is 0. The predicted octanol–water partition coefficient (Wildman–Crippen LogP) is 2.74. The molecule has 70 valence electrons. The molecule has 0 spiro atoms. The van der Waals surface area contributed by atoms with Crippen LogP contribution in [0.2, 0.25) is 0 Å². The van der Waals surface area contributed by atoms with E-state index in [2.05, 4.69) is 33.8 Å². The van der Waals surface area contributed by atoms with Crippen molar-refractivity contribution in [3.05, 3.63) is 47.5 Å². The highest BCUT2D eigenvalue weighted by Gasteiger charge is 2.10. The van der Waals surface area contributed by atoms with Gasteiger partial charge in [-0.2, -0.15) is 0 Å². The van der Waals surface area contributed by atoms with Crippen LogP contribution in [0.4, 0.5) is 0 Å². The van der Waals surface area contributed by atoms with Gasteiger partial charge in [-0.15, -0.1) is 0 Å². The molecule has 0 radical (unpaired) electrons. The first-order chi connectivity index (χ1) is 6.17. The summed E-state index contributed by atoms with van der Waals surface area (Å²) in [5.74, 6) is -0.412. The van der Waals surface area contributed by atoms with Gasteiger partial charge in [0.05, 0.1) is 12.7 Å². The molecule has 0 amide bonds. The van der Waals surface area contributed by atoms with Gasteiger partial charge in [0, 0.05) is 4.48 Å². The molecular weight excluding hydrogens is 232 g/mol. The van der Waals surface area contributed by atoms with Gasteiger partial charge in [-0.1, -0.05) is 25.3 Å². The van der Waals surface area contributed by atoms with Gasteiger partial charge < -0.3 is 4.74 Å². The summed E-state index contributed by atoms with van der Waals surface area (Å²) in [6, 6.07) is 0. The monoisotopic (exact) mass is 242 g/mol. The molecule has 13 heavy (non-hydrogen) atoms. The second kappa shape index (κ2) is 6.43. The van der Waals surface area contributed by atoms with Gasteiger partial charge in [0.15, 0.2) is 0 Å². The van der Waals surface area contributed by atoms with E-state index in [0.717, 1.165) is 0 Å². The van der Waals surface area contributed by atoms with E-state index in [1.165, 1.54) is 13.2 Å². The lowest BCUT2D eigenvalue weighted by molar-refractivity contribution is -0.135. The number of carbonyl (C=O) groups is 1. The number of methoxy groups -OCH3 is 1. The largest absolute Gasteiger partial charge is 0.465 e. The number of ether oxygens (including phenoxy) is 1. The number of allylic oxidation sites excluding steroid dienone is 4. The van der Waals surface area contributed by atoms with Gasteiger partial charge in [0.2, 0.25) is 0 Å². The topological polar surface area (TPSA) is 26.3 Å². The van der Waals surface area contributed by atoms with E-state index in [-0.39, 0.29) is 0 Å². The third-order valence-corrected chi connectivity index (χ3v) is 1.90. The molecule has 3 heteroatoms. The van der Waals surface area contributed by atoms with Crippen LogP contribution < -0.4 is 0 Å². The lowest BCUT2D eigenvalue weighted by atomic mass is 10.2. The standard InChI is InChI=1S/C10H11BrO2/c1-4-6-8(10(12)13-3)9(11)7-5-2/h4-7H,1-2H2,3H3/b8-6+,9-7+. The summed E-state index contributed by atoms with van der Waals surface area (Å²) in [6.07, 6.45) is 6.32. The van der Waals surface area contributed by atoms with E-state index < -0.39 is 5.97 Å². The van der Waals surface area contributed by atoms with Crippen molar-refractivity contribution in [3.63, 3.8) is 0 Å². The normalized spacial score (nSPS) is 12.2. The highest BCUT2D eigenvalue weighted by molar-refractivity contribution is 9.12. The van der Waals surface area contributed by atoms with Gasteiger partial charge in [-0.25, -0.2) is 4.79 Å². The third kappa shape index (κ3) is 3.90. The SMILES string of the molecule is C=C/C=C(C(=O)OC)\C(Br)=C/C=C. The highest BCUT2D eigenvalue weighted by Crippen LogP contribution is 2.18. The molecule has 0 aromatic carbocycles. The molecule has 0 saturated heterocycles. The van der Waals surface area contributed by atoms with E-state index in [1.807, 2.05) is 0 Å². The second-order valence-electron chi connectivity index (χ2n) is 2.06. The maximum absolute atomic E-state index is 11.2. The van der Waals surface area contributed by atoms with E-state index in [1.54, 1.807) is 18.2 Å². The Balaban J connectivity index is 4.92. The fourth-order valence-electron chi connectivity index (χ4n) is 0.666. The molecule has 0 saturated carbocycles. The fourth-order valence-corrected chi connectivity index (χ4v) is 1.15. The van der Waals surface area contributed by atoms with Crippen LogP contribution in [0.3, 0.4) is 0 Å². The molecule has 0 unspecified atom stereocenters. The third-order valence-electron chi connectivity index (χ3n) is 1.21. The zero-order chi connectivity index (χ0) is 10.3. The molecule has 0 aliphatic carbocycles. The minimum absolute atomic E-state index is 0.412. The first kappa shape index (κ1) is 11.9. The smallest absolute Gasteiger partial charge is 0.338 e. The Bertz CT molecular complexity index is 275. The predicted molar refractivity (Wildman–Crippen MR) is 57.5 cm³/mol. The lowest BCUT2D eigenvalue weighted by Crippen LogP contribution is -2.04. The number of halogens is 1. The Morgan fingerprint density at radius 3 is 2.23 bits per heavy atom. The maximum Gasteiger partial charge on any atom is 0.338 e. The quantitative estimate of drug-likeness (QED) is 0.431. The van der Waals surface area contributed by atoms with Crippen molar-refractivity contribution in [2.24, 2.45) is 0 Å². The zero-order valence-corrected chi connectivity index (χ0v) is 9.00. The molecule has 0 fully saturated rings. The Morgan fingerprint density at radius 2 is 1.85 bits per heavy atom. The molecule has 0 aliphatic heterocycles. The van der Waals surface area contributed by atoms with Gasteiger partial charge in [-0.3, -0.25) is 0 Å². The Kier molecular flexibility index (Phi) is 5.89. The Labute approximate surface area is 86.4 Å². The summed E-state index contributed by atoms with van der Waals surface area (Å²) in [6.45, 7) is 7.02. The molecule has 0 rings (SSSR count). The van der Waals surface area contributed by atoms with Crippen molar-refractivity contribution in [1.29, 1.82) is 0 Å². The molecule has 2 nitrogen and oxygen atoms in total.